The van der Waals surface area contributed by atoms with Crippen LogP contribution < -0.4 is 0 Å². The summed E-state index contributed by atoms with van der Waals surface area (Å²) in [7, 11) is 0. The highest BCUT2D eigenvalue weighted by molar-refractivity contribution is 7.10. The first kappa shape index (κ1) is 5.45. The Morgan fingerprint density at radius 1 is 1.56 bits per heavy atom. The lowest BCUT2D eigenvalue weighted by Crippen LogP contribution is -2.23. The Bertz CT molecular complexity index is 177. The molecule has 0 amide bonds. The number of ether oxygens (including phenoxy) is 1. The maximum Gasteiger partial charge on any atom is 0.0565 e. The lowest BCUT2D eigenvalue weighted by atomic mass is 10.1. The summed E-state index contributed by atoms with van der Waals surface area (Å²) in [6.45, 7) is 1.86. The molecule has 0 aliphatic carbocycles. The van der Waals surface area contributed by atoms with Crippen LogP contribution in [0.15, 0.2) is 17.5 Å². The van der Waals surface area contributed by atoms with Gasteiger partial charge in [0.25, 0.3) is 0 Å². The van der Waals surface area contributed by atoms with Gasteiger partial charge >= 0.3 is 0 Å². The average Bonchev–Trinajstić information content (AvgIpc) is 2.11. The van der Waals surface area contributed by atoms with Crippen molar-refractivity contribution in [1.29, 1.82) is 0 Å². The van der Waals surface area contributed by atoms with Crippen LogP contribution in [-0.4, -0.2) is 13.2 Å². The van der Waals surface area contributed by atoms with E-state index >= 15 is 0 Å². The Hall–Kier alpha value is -0.340. The molecule has 2 heteroatoms. The van der Waals surface area contributed by atoms with Crippen LogP contribution in [0.25, 0.3) is 0 Å². The van der Waals surface area contributed by atoms with E-state index in [0.29, 0.717) is 5.92 Å². The summed E-state index contributed by atoms with van der Waals surface area (Å²) in [6, 6.07) is 4.27. The summed E-state index contributed by atoms with van der Waals surface area (Å²) < 4.78 is 5.07. The Morgan fingerprint density at radius 3 is 2.89 bits per heavy atom. The first-order valence-electron chi connectivity index (χ1n) is 3.08. The van der Waals surface area contributed by atoms with E-state index in [1.54, 1.807) is 0 Å². The van der Waals surface area contributed by atoms with E-state index in [1.165, 1.54) is 4.88 Å². The van der Waals surface area contributed by atoms with Crippen molar-refractivity contribution in [3.05, 3.63) is 22.4 Å². The Morgan fingerprint density at radius 2 is 2.44 bits per heavy atom. The molecule has 0 aromatic carbocycles. The van der Waals surface area contributed by atoms with Gasteiger partial charge in [-0.3, -0.25) is 0 Å². The molecule has 0 unspecified atom stereocenters. The molecule has 0 N–H and O–H groups in total. The number of thiophene rings is 1. The van der Waals surface area contributed by atoms with Gasteiger partial charge in [0.05, 0.1) is 13.2 Å². The summed E-state index contributed by atoms with van der Waals surface area (Å²) in [5.74, 6) is 0.713. The minimum absolute atomic E-state index is 0.713. The minimum Gasteiger partial charge on any atom is -0.380 e. The van der Waals surface area contributed by atoms with Gasteiger partial charge in [0.15, 0.2) is 0 Å². The van der Waals surface area contributed by atoms with Crippen molar-refractivity contribution in [3.63, 3.8) is 0 Å². The Kier molecular flexibility index (Phi) is 1.28. The summed E-state index contributed by atoms with van der Waals surface area (Å²) in [5, 5.41) is 2.12. The molecule has 0 saturated carbocycles. The molecule has 1 saturated heterocycles. The fourth-order valence-corrected chi connectivity index (χ4v) is 1.72. The zero-order valence-electron chi connectivity index (χ0n) is 5.04. The zero-order valence-corrected chi connectivity index (χ0v) is 5.86. The predicted octanol–water partition coefficient (Wildman–Crippen LogP) is 1.86. The molecule has 2 heterocycles. The van der Waals surface area contributed by atoms with Crippen LogP contribution in [0.2, 0.25) is 0 Å². The second-order valence-corrected chi connectivity index (χ2v) is 3.23. The highest BCUT2D eigenvalue weighted by atomic mass is 32.1. The van der Waals surface area contributed by atoms with E-state index in [0.717, 1.165) is 13.2 Å². The van der Waals surface area contributed by atoms with Gasteiger partial charge in [-0.25, -0.2) is 0 Å². The van der Waals surface area contributed by atoms with Gasteiger partial charge in [0.1, 0.15) is 0 Å². The molecule has 2 rings (SSSR count). The fourth-order valence-electron chi connectivity index (χ4n) is 0.924. The predicted molar refractivity (Wildman–Crippen MR) is 37.9 cm³/mol. The molecule has 0 radical (unpaired) electrons. The molecule has 1 aliphatic heterocycles. The zero-order chi connectivity index (χ0) is 6.10. The van der Waals surface area contributed by atoms with Crippen molar-refractivity contribution in [3.8, 4) is 0 Å². The Balaban J connectivity index is 2.14. The molecule has 0 spiro atoms. The fraction of sp³-hybridized carbons (Fsp3) is 0.429. The molecule has 1 fully saturated rings. The average molecular weight is 140 g/mol. The van der Waals surface area contributed by atoms with Gasteiger partial charge in [-0.15, -0.1) is 11.3 Å². The molecule has 1 aromatic heterocycles. The van der Waals surface area contributed by atoms with Crippen molar-refractivity contribution in [2.24, 2.45) is 0 Å². The molecule has 1 aromatic rings. The van der Waals surface area contributed by atoms with Crippen LogP contribution in [0.1, 0.15) is 10.8 Å². The topological polar surface area (TPSA) is 9.23 Å². The lowest BCUT2D eigenvalue weighted by molar-refractivity contribution is 0.00988. The maximum atomic E-state index is 5.07. The van der Waals surface area contributed by atoms with E-state index in [4.69, 9.17) is 4.74 Å². The van der Waals surface area contributed by atoms with Gasteiger partial charge in [0, 0.05) is 10.8 Å². The van der Waals surface area contributed by atoms with Crippen LogP contribution in [0.5, 0.6) is 0 Å². The smallest absolute Gasteiger partial charge is 0.0565 e. The third-order valence-corrected chi connectivity index (χ3v) is 2.62. The second kappa shape index (κ2) is 2.12. The largest absolute Gasteiger partial charge is 0.380 e. The summed E-state index contributed by atoms with van der Waals surface area (Å²) in [4.78, 5) is 1.47. The van der Waals surface area contributed by atoms with Crippen molar-refractivity contribution in [2.45, 2.75) is 5.92 Å². The third-order valence-electron chi connectivity index (χ3n) is 1.58. The van der Waals surface area contributed by atoms with Gasteiger partial charge in [-0.2, -0.15) is 0 Å². The van der Waals surface area contributed by atoms with E-state index < -0.39 is 0 Å². The second-order valence-electron chi connectivity index (χ2n) is 2.25. The van der Waals surface area contributed by atoms with Gasteiger partial charge in [0.2, 0.25) is 0 Å². The van der Waals surface area contributed by atoms with Crippen molar-refractivity contribution >= 4 is 11.3 Å². The van der Waals surface area contributed by atoms with Gasteiger partial charge < -0.3 is 4.74 Å². The SMILES string of the molecule is c1csc(C2COC2)c1. The van der Waals surface area contributed by atoms with Crippen LogP contribution in [0.4, 0.5) is 0 Å². The van der Waals surface area contributed by atoms with E-state index in [-0.39, 0.29) is 0 Å². The standard InChI is InChI=1S/C7H8OS/c1-2-7(9-3-1)6-4-8-5-6/h1-3,6H,4-5H2. The monoisotopic (exact) mass is 140 g/mol. The van der Waals surface area contributed by atoms with E-state index in [1.807, 2.05) is 11.3 Å². The summed E-state index contributed by atoms with van der Waals surface area (Å²) in [5.41, 5.74) is 0. The number of hydrogen-bond acceptors (Lipinski definition) is 2. The highest BCUT2D eigenvalue weighted by Crippen LogP contribution is 2.27. The van der Waals surface area contributed by atoms with Gasteiger partial charge in [-0.05, 0) is 11.4 Å². The molecule has 0 atom stereocenters. The summed E-state index contributed by atoms with van der Waals surface area (Å²) in [6.07, 6.45) is 0. The van der Waals surface area contributed by atoms with Crippen LogP contribution in [0, 0.1) is 0 Å². The molecule has 0 bridgehead atoms. The molecule has 1 aliphatic rings. The van der Waals surface area contributed by atoms with Crippen molar-refractivity contribution in [2.75, 3.05) is 13.2 Å². The normalized spacial score (nSPS) is 19.6. The minimum atomic E-state index is 0.713. The van der Waals surface area contributed by atoms with Gasteiger partial charge in [-0.1, -0.05) is 6.07 Å². The van der Waals surface area contributed by atoms with Crippen LogP contribution in [-0.2, 0) is 4.74 Å². The molecule has 1 nitrogen and oxygen atoms in total. The third kappa shape index (κ3) is 0.884. The first-order valence-corrected chi connectivity index (χ1v) is 3.96. The highest BCUT2D eigenvalue weighted by Gasteiger charge is 2.20. The molecule has 48 valence electrons. The molecular weight excluding hydrogens is 132 g/mol. The van der Waals surface area contributed by atoms with E-state index in [9.17, 15) is 0 Å². The maximum absolute atomic E-state index is 5.07. The van der Waals surface area contributed by atoms with Crippen LogP contribution in [0.3, 0.4) is 0 Å². The summed E-state index contributed by atoms with van der Waals surface area (Å²) >= 11 is 1.83. The molecule has 9 heavy (non-hydrogen) atoms. The van der Waals surface area contributed by atoms with Crippen molar-refractivity contribution < 1.29 is 4.74 Å². The number of hydrogen-bond donors (Lipinski definition) is 0. The number of rotatable bonds is 1. The first-order chi connectivity index (χ1) is 4.47. The molecular formula is C7H8OS. The van der Waals surface area contributed by atoms with E-state index in [2.05, 4.69) is 17.5 Å². The Labute approximate surface area is 58.3 Å². The lowest BCUT2D eigenvalue weighted by Gasteiger charge is -2.24. The quantitative estimate of drug-likeness (QED) is 0.578. The van der Waals surface area contributed by atoms with Crippen LogP contribution >= 0.6 is 11.3 Å². The van der Waals surface area contributed by atoms with Crippen molar-refractivity contribution in [1.82, 2.24) is 0 Å².